The van der Waals surface area contributed by atoms with Crippen molar-refractivity contribution in [2.45, 2.75) is 31.9 Å². The molecule has 0 unspecified atom stereocenters. The molecule has 0 aromatic heterocycles. The third-order valence-corrected chi connectivity index (χ3v) is 1.10. The summed E-state index contributed by atoms with van der Waals surface area (Å²) in [7, 11) is 0. The molecule has 10 heavy (non-hydrogen) atoms. The summed E-state index contributed by atoms with van der Waals surface area (Å²) in [6.07, 6.45) is -3.97. The Morgan fingerprint density at radius 2 is 1.60 bits per heavy atom. The number of hydrogen-bond donors (Lipinski definition) is 0. The molecule has 0 aliphatic heterocycles. The maximum absolute atomic E-state index is 11.4. The zero-order chi connectivity index (χ0) is 8.04. The molecule has 0 aromatic carbocycles. The van der Waals surface area contributed by atoms with Gasteiger partial charge in [-0.25, -0.2) is 5.11 Å². The van der Waals surface area contributed by atoms with Crippen LogP contribution in [0.5, 0.6) is 0 Å². The second-order valence-electron chi connectivity index (χ2n) is 2.13. The van der Waals surface area contributed by atoms with E-state index in [2.05, 4.69) is 0 Å². The molecule has 0 N–H and O–H groups in total. The summed E-state index contributed by atoms with van der Waals surface area (Å²) >= 11 is 0. The highest BCUT2D eigenvalue weighted by Gasteiger charge is 2.25. The van der Waals surface area contributed by atoms with Crippen molar-refractivity contribution in [2.75, 3.05) is 6.61 Å². The van der Waals surface area contributed by atoms with Crippen LogP contribution in [0.15, 0.2) is 0 Å². The fourth-order valence-corrected chi connectivity index (χ4v) is 0.604. The summed E-state index contributed by atoms with van der Waals surface area (Å²) in [6, 6.07) is 0. The monoisotopic (exact) mass is 155 g/mol. The van der Waals surface area contributed by atoms with E-state index in [1.807, 2.05) is 0 Å². The molecular formula is C6H10F3O. The van der Waals surface area contributed by atoms with Gasteiger partial charge in [0.15, 0.2) is 0 Å². The zero-order valence-electron chi connectivity index (χ0n) is 5.58. The number of halogens is 3. The lowest BCUT2D eigenvalue weighted by atomic mass is 10.2. The van der Waals surface area contributed by atoms with E-state index in [1.165, 1.54) is 0 Å². The van der Waals surface area contributed by atoms with Gasteiger partial charge in [-0.05, 0) is 12.8 Å². The SMILES string of the molecule is [O]CCCCCC(F)(F)F. The van der Waals surface area contributed by atoms with E-state index in [-0.39, 0.29) is 13.0 Å². The van der Waals surface area contributed by atoms with Crippen LogP contribution in [0, 0.1) is 0 Å². The Balaban J connectivity index is 3.04. The summed E-state index contributed by atoms with van der Waals surface area (Å²) in [5, 5.41) is 9.77. The number of hydrogen-bond acceptors (Lipinski definition) is 0. The van der Waals surface area contributed by atoms with Crippen LogP contribution in [0.25, 0.3) is 0 Å². The first-order valence-corrected chi connectivity index (χ1v) is 3.21. The van der Waals surface area contributed by atoms with Crippen LogP contribution in [0.1, 0.15) is 25.7 Å². The van der Waals surface area contributed by atoms with Crippen LogP contribution in [0.4, 0.5) is 13.2 Å². The van der Waals surface area contributed by atoms with Crippen LogP contribution < -0.4 is 0 Å². The quantitative estimate of drug-likeness (QED) is 0.556. The second kappa shape index (κ2) is 4.55. The molecule has 0 atom stereocenters. The maximum atomic E-state index is 11.4. The predicted octanol–water partition coefficient (Wildman–Crippen LogP) is 2.54. The van der Waals surface area contributed by atoms with Gasteiger partial charge in [-0.1, -0.05) is 6.42 Å². The van der Waals surface area contributed by atoms with Crippen LogP contribution in [-0.4, -0.2) is 12.8 Å². The molecule has 0 aliphatic rings. The Kier molecular flexibility index (Phi) is 4.43. The lowest BCUT2D eigenvalue weighted by Gasteiger charge is -2.03. The number of unbranched alkanes of at least 4 members (excludes halogenated alkanes) is 2. The normalized spacial score (nSPS) is 12.0. The molecule has 4 heteroatoms. The van der Waals surface area contributed by atoms with Crippen LogP contribution in [0.3, 0.4) is 0 Å². The first-order chi connectivity index (χ1) is 4.56. The molecule has 61 valence electrons. The van der Waals surface area contributed by atoms with Crippen molar-refractivity contribution in [3.05, 3.63) is 0 Å². The van der Waals surface area contributed by atoms with E-state index < -0.39 is 12.6 Å². The average molecular weight is 155 g/mol. The van der Waals surface area contributed by atoms with E-state index in [0.717, 1.165) is 0 Å². The zero-order valence-corrected chi connectivity index (χ0v) is 5.58. The highest BCUT2D eigenvalue weighted by molar-refractivity contribution is 4.50. The summed E-state index contributed by atoms with van der Waals surface area (Å²) in [5.74, 6) is 0. The Morgan fingerprint density at radius 1 is 1.00 bits per heavy atom. The topological polar surface area (TPSA) is 19.9 Å². The molecule has 0 saturated heterocycles. The lowest BCUT2D eigenvalue weighted by Crippen LogP contribution is -2.06. The predicted molar refractivity (Wildman–Crippen MR) is 30.1 cm³/mol. The van der Waals surface area contributed by atoms with Crippen molar-refractivity contribution in [3.63, 3.8) is 0 Å². The molecule has 0 fully saturated rings. The van der Waals surface area contributed by atoms with Crippen molar-refractivity contribution < 1.29 is 18.3 Å². The fourth-order valence-electron chi connectivity index (χ4n) is 0.604. The van der Waals surface area contributed by atoms with Gasteiger partial charge in [0, 0.05) is 6.42 Å². The second-order valence-corrected chi connectivity index (χ2v) is 2.13. The van der Waals surface area contributed by atoms with Crippen LogP contribution in [0.2, 0.25) is 0 Å². The largest absolute Gasteiger partial charge is 0.389 e. The molecule has 0 rings (SSSR count). The highest BCUT2D eigenvalue weighted by atomic mass is 19.4. The Hall–Kier alpha value is -0.250. The van der Waals surface area contributed by atoms with Gasteiger partial charge in [-0.2, -0.15) is 13.2 Å². The van der Waals surface area contributed by atoms with Crippen molar-refractivity contribution in [1.29, 1.82) is 0 Å². The van der Waals surface area contributed by atoms with Crippen LogP contribution in [-0.2, 0) is 5.11 Å². The molecule has 0 heterocycles. The fraction of sp³-hybridized carbons (Fsp3) is 1.00. The third kappa shape index (κ3) is 7.75. The van der Waals surface area contributed by atoms with E-state index in [0.29, 0.717) is 12.8 Å². The summed E-state index contributed by atoms with van der Waals surface area (Å²) in [5.41, 5.74) is 0. The van der Waals surface area contributed by atoms with E-state index in [1.54, 1.807) is 0 Å². The minimum absolute atomic E-state index is 0.0890. The molecule has 1 nitrogen and oxygen atoms in total. The summed E-state index contributed by atoms with van der Waals surface area (Å²) < 4.78 is 34.2. The van der Waals surface area contributed by atoms with Crippen molar-refractivity contribution in [2.24, 2.45) is 0 Å². The van der Waals surface area contributed by atoms with Gasteiger partial charge in [-0.3, -0.25) is 0 Å². The molecule has 0 aromatic rings. The lowest BCUT2D eigenvalue weighted by molar-refractivity contribution is -0.135. The summed E-state index contributed by atoms with van der Waals surface area (Å²) in [6.45, 7) is -0.266. The minimum Gasteiger partial charge on any atom is -0.237 e. The first-order valence-electron chi connectivity index (χ1n) is 3.21. The van der Waals surface area contributed by atoms with E-state index >= 15 is 0 Å². The molecule has 0 bridgehead atoms. The number of alkyl halides is 3. The molecule has 0 spiro atoms. The van der Waals surface area contributed by atoms with Crippen molar-refractivity contribution in [1.82, 2.24) is 0 Å². The molecule has 0 aliphatic carbocycles. The number of rotatable bonds is 4. The van der Waals surface area contributed by atoms with Gasteiger partial charge in [-0.15, -0.1) is 0 Å². The minimum atomic E-state index is -4.05. The third-order valence-electron chi connectivity index (χ3n) is 1.10. The van der Waals surface area contributed by atoms with E-state index in [4.69, 9.17) is 0 Å². The molecular weight excluding hydrogens is 145 g/mol. The van der Waals surface area contributed by atoms with Gasteiger partial charge in [0.05, 0.1) is 6.61 Å². The van der Waals surface area contributed by atoms with Crippen molar-refractivity contribution in [3.8, 4) is 0 Å². The Morgan fingerprint density at radius 3 is 2.00 bits per heavy atom. The van der Waals surface area contributed by atoms with Gasteiger partial charge >= 0.3 is 6.18 Å². The maximum Gasteiger partial charge on any atom is 0.389 e. The Bertz CT molecular complexity index is 79.6. The first kappa shape index (κ1) is 9.75. The van der Waals surface area contributed by atoms with E-state index in [9.17, 15) is 18.3 Å². The standard InChI is InChI=1S/C6H10F3O/c7-6(8,9)4-2-1-3-5-10/h1-5H2. The van der Waals surface area contributed by atoms with Crippen molar-refractivity contribution >= 4 is 0 Å². The molecule has 0 saturated carbocycles. The molecule has 1 radical (unpaired) electrons. The Labute approximate surface area is 57.9 Å². The van der Waals surface area contributed by atoms with Gasteiger partial charge < -0.3 is 0 Å². The van der Waals surface area contributed by atoms with Crippen LogP contribution >= 0.6 is 0 Å². The average Bonchev–Trinajstić information content (AvgIpc) is 1.78. The van der Waals surface area contributed by atoms with Gasteiger partial charge in [0.25, 0.3) is 0 Å². The highest BCUT2D eigenvalue weighted by Crippen LogP contribution is 2.22. The smallest absolute Gasteiger partial charge is 0.237 e. The van der Waals surface area contributed by atoms with Gasteiger partial charge in [0.1, 0.15) is 0 Å². The van der Waals surface area contributed by atoms with Gasteiger partial charge in [0.2, 0.25) is 0 Å². The summed E-state index contributed by atoms with van der Waals surface area (Å²) in [4.78, 5) is 0. The molecule has 0 amide bonds.